The standard InChI is InChI=1S/C7H14S2/c8-6-2-1-3-7(9)5-4-6/h6-9H,1-5H2. The fourth-order valence-electron chi connectivity index (χ4n) is 1.26. The van der Waals surface area contributed by atoms with Gasteiger partial charge in [-0.2, -0.15) is 25.3 Å². The molecule has 1 fully saturated rings. The first-order valence-electron chi connectivity index (χ1n) is 3.65. The van der Waals surface area contributed by atoms with Gasteiger partial charge in [-0.05, 0) is 25.7 Å². The Morgan fingerprint density at radius 3 is 1.67 bits per heavy atom. The summed E-state index contributed by atoms with van der Waals surface area (Å²) in [5.41, 5.74) is 0. The van der Waals surface area contributed by atoms with Crippen LogP contribution in [-0.4, -0.2) is 10.5 Å². The van der Waals surface area contributed by atoms with Crippen LogP contribution in [0.4, 0.5) is 0 Å². The van der Waals surface area contributed by atoms with Crippen LogP contribution in [0.25, 0.3) is 0 Å². The van der Waals surface area contributed by atoms with Crippen molar-refractivity contribution in [1.29, 1.82) is 0 Å². The SMILES string of the molecule is SC1CCCC(S)CC1. The predicted octanol–water partition coefficient (Wildman–Crippen LogP) is 2.55. The summed E-state index contributed by atoms with van der Waals surface area (Å²) in [6.45, 7) is 0. The zero-order chi connectivity index (χ0) is 6.69. The third-order valence-electron chi connectivity index (χ3n) is 1.91. The van der Waals surface area contributed by atoms with Crippen LogP contribution >= 0.6 is 25.3 Å². The van der Waals surface area contributed by atoms with Gasteiger partial charge in [-0.25, -0.2) is 0 Å². The van der Waals surface area contributed by atoms with Gasteiger partial charge in [0.25, 0.3) is 0 Å². The van der Waals surface area contributed by atoms with Crippen LogP contribution in [0.2, 0.25) is 0 Å². The van der Waals surface area contributed by atoms with Crippen LogP contribution < -0.4 is 0 Å². The van der Waals surface area contributed by atoms with E-state index in [1.165, 1.54) is 32.1 Å². The summed E-state index contributed by atoms with van der Waals surface area (Å²) in [7, 11) is 0. The molecule has 2 heteroatoms. The molecule has 2 atom stereocenters. The van der Waals surface area contributed by atoms with E-state index in [0.29, 0.717) is 10.5 Å². The summed E-state index contributed by atoms with van der Waals surface area (Å²) >= 11 is 8.87. The van der Waals surface area contributed by atoms with Gasteiger partial charge in [0.2, 0.25) is 0 Å². The smallest absolute Gasteiger partial charge is 0.00172 e. The highest BCUT2D eigenvalue weighted by Crippen LogP contribution is 2.24. The summed E-state index contributed by atoms with van der Waals surface area (Å²) in [4.78, 5) is 0. The molecule has 0 aliphatic heterocycles. The highest BCUT2D eigenvalue weighted by molar-refractivity contribution is 7.81. The van der Waals surface area contributed by atoms with Crippen LogP contribution in [0, 0.1) is 0 Å². The van der Waals surface area contributed by atoms with Crippen molar-refractivity contribution >= 4 is 25.3 Å². The monoisotopic (exact) mass is 162 g/mol. The molecule has 1 rings (SSSR count). The average molecular weight is 162 g/mol. The highest BCUT2D eigenvalue weighted by Gasteiger charge is 2.12. The van der Waals surface area contributed by atoms with Crippen LogP contribution in [0.1, 0.15) is 32.1 Å². The van der Waals surface area contributed by atoms with Gasteiger partial charge >= 0.3 is 0 Å². The Morgan fingerprint density at radius 2 is 1.22 bits per heavy atom. The van der Waals surface area contributed by atoms with Gasteiger partial charge in [-0.1, -0.05) is 6.42 Å². The van der Waals surface area contributed by atoms with Crippen molar-refractivity contribution in [2.45, 2.75) is 42.6 Å². The van der Waals surface area contributed by atoms with Gasteiger partial charge in [0.05, 0.1) is 0 Å². The fraction of sp³-hybridized carbons (Fsp3) is 1.00. The lowest BCUT2D eigenvalue weighted by Crippen LogP contribution is -1.96. The molecule has 0 nitrogen and oxygen atoms in total. The molecule has 1 aliphatic rings. The maximum Gasteiger partial charge on any atom is 0.00172 e. The maximum atomic E-state index is 4.44. The topological polar surface area (TPSA) is 0 Å². The van der Waals surface area contributed by atoms with E-state index in [9.17, 15) is 0 Å². The Morgan fingerprint density at radius 1 is 0.778 bits per heavy atom. The Bertz CT molecular complexity index is 73.0. The van der Waals surface area contributed by atoms with Crippen LogP contribution in [0.5, 0.6) is 0 Å². The molecule has 0 bridgehead atoms. The van der Waals surface area contributed by atoms with Gasteiger partial charge in [0.1, 0.15) is 0 Å². The number of thiol groups is 2. The molecule has 0 radical (unpaired) electrons. The Balaban J connectivity index is 2.25. The van der Waals surface area contributed by atoms with Crippen molar-refractivity contribution in [2.24, 2.45) is 0 Å². The van der Waals surface area contributed by atoms with Crippen molar-refractivity contribution in [3.05, 3.63) is 0 Å². The molecule has 9 heavy (non-hydrogen) atoms. The second kappa shape index (κ2) is 3.77. The molecule has 54 valence electrons. The first-order chi connectivity index (χ1) is 4.29. The van der Waals surface area contributed by atoms with E-state index in [1.54, 1.807) is 0 Å². The van der Waals surface area contributed by atoms with Gasteiger partial charge < -0.3 is 0 Å². The zero-order valence-corrected chi connectivity index (χ0v) is 7.37. The van der Waals surface area contributed by atoms with E-state index < -0.39 is 0 Å². The third-order valence-corrected chi connectivity index (χ3v) is 2.94. The quantitative estimate of drug-likeness (QED) is 0.397. The van der Waals surface area contributed by atoms with Crippen molar-refractivity contribution in [1.82, 2.24) is 0 Å². The second-order valence-electron chi connectivity index (χ2n) is 2.82. The summed E-state index contributed by atoms with van der Waals surface area (Å²) in [5, 5.41) is 1.31. The molecule has 0 N–H and O–H groups in total. The molecule has 0 aromatic rings. The maximum absolute atomic E-state index is 4.44. The summed E-state index contributed by atoms with van der Waals surface area (Å²) < 4.78 is 0. The van der Waals surface area contributed by atoms with Crippen molar-refractivity contribution in [3.63, 3.8) is 0 Å². The average Bonchev–Trinajstić information content (AvgIpc) is 1.97. The van der Waals surface area contributed by atoms with Crippen LogP contribution in [0.3, 0.4) is 0 Å². The van der Waals surface area contributed by atoms with Crippen LogP contribution in [-0.2, 0) is 0 Å². The Labute approximate surface area is 68.2 Å². The van der Waals surface area contributed by atoms with Crippen molar-refractivity contribution in [3.8, 4) is 0 Å². The van der Waals surface area contributed by atoms with Crippen LogP contribution in [0.15, 0.2) is 0 Å². The lowest BCUT2D eigenvalue weighted by molar-refractivity contribution is 0.720. The lowest BCUT2D eigenvalue weighted by atomic mass is 10.2. The molecule has 1 aliphatic carbocycles. The molecule has 0 saturated heterocycles. The third kappa shape index (κ3) is 2.85. The summed E-state index contributed by atoms with van der Waals surface area (Å²) in [6, 6.07) is 0. The second-order valence-corrected chi connectivity index (χ2v) is 4.28. The van der Waals surface area contributed by atoms with E-state index in [2.05, 4.69) is 25.3 Å². The van der Waals surface area contributed by atoms with Crippen molar-refractivity contribution in [2.75, 3.05) is 0 Å². The van der Waals surface area contributed by atoms with Gasteiger partial charge in [0.15, 0.2) is 0 Å². The highest BCUT2D eigenvalue weighted by atomic mass is 32.1. The minimum absolute atomic E-state index is 0.655. The summed E-state index contributed by atoms with van der Waals surface area (Å²) in [6.07, 6.45) is 6.43. The normalized spacial score (nSPS) is 38.0. The molecule has 0 amide bonds. The Hall–Kier alpha value is 0.700. The molecule has 1 saturated carbocycles. The van der Waals surface area contributed by atoms with E-state index in [4.69, 9.17) is 0 Å². The van der Waals surface area contributed by atoms with Gasteiger partial charge in [0, 0.05) is 10.5 Å². The van der Waals surface area contributed by atoms with E-state index >= 15 is 0 Å². The molecule has 0 spiro atoms. The minimum atomic E-state index is 0.655. The molecule has 2 unspecified atom stereocenters. The largest absolute Gasteiger partial charge is 0.176 e. The molecular formula is C7H14S2. The van der Waals surface area contributed by atoms with E-state index in [1.807, 2.05) is 0 Å². The summed E-state index contributed by atoms with van der Waals surface area (Å²) in [5.74, 6) is 0. The zero-order valence-electron chi connectivity index (χ0n) is 5.58. The first-order valence-corrected chi connectivity index (χ1v) is 4.68. The lowest BCUT2D eigenvalue weighted by Gasteiger charge is -2.04. The molecule has 0 aromatic carbocycles. The minimum Gasteiger partial charge on any atom is -0.176 e. The number of rotatable bonds is 0. The predicted molar refractivity (Wildman–Crippen MR) is 48.6 cm³/mol. The van der Waals surface area contributed by atoms with Crippen molar-refractivity contribution < 1.29 is 0 Å². The van der Waals surface area contributed by atoms with Gasteiger partial charge in [-0.3, -0.25) is 0 Å². The number of hydrogen-bond acceptors (Lipinski definition) is 2. The van der Waals surface area contributed by atoms with E-state index in [0.717, 1.165) is 0 Å². The first kappa shape index (κ1) is 7.80. The van der Waals surface area contributed by atoms with E-state index in [-0.39, 0.29) is 0 Å². The fourth-order valence-corrected chi connectivity index (χ4v) is 1.93. The molecular weight excluding hydrogens is 148 g/mol. The molecule has 0 aromatic heterocycles. The van der Waals surface area contributed by atoms with Gasteiger partial charge in [-0.15, -0.1) is 0 Å². The number of hydrogen-bond donors (Lipinski definition) is 2. The Kier molecular flexibility index (Phi) is 3.27. The molecule has 0 heterocycles.